The fourth-order valence-corrected chi connectivity index (χ4v) is 4.13. The van der Waals surface area contributed by atoms with Crippen LogP contribution in [0, 0.1) is 0 Å². The topological polar surface area (TPSA) is 97.0 Å². The van der Waals surface area contributed by atoms with E-state index in [2.05, 4.69) is 39.8 Å². The van der Waals surface area contributed by atoms with Gasteiger partial charge in [0.25, 0.3) is 5.91 Å². The van der Waals surface area contributed by atoms with Crippen molar-refractivity contribution in [1.82, 2.24) is 15.5 Å². The van der Waals surface area contributed by atoms with E-state index in [0.717, 1.165) is 68.1 Å². The molecule has 2 N–H and O–H groups in total. The largest absolute Gasteiger partial charge is 0.489 e. The van der Waals surface area contributed by atoms with Crippen LogP contribution in [-0.2, 0) is 34.0 Å². The normalized spacial score (nSPS) is 18.2. The first-order valence-electron chi connectivity index (χ1n) is 11.8. The fourth-order valence-electron chi connectivity index (χ4n) is 4.13. The van der Waals surface area contributed by atoms with Crippen LogP contribution >= 0.6 is 0 Å². The Balaban J connectivity index is 0.000000291. The van der Waals surface area contributed by atoms with Crippen molar-refractivity contribution in [1.29, 1.82) is 0 Å². The summed E-state index contributed by atoms with van der Waals surface area (Å²) in [5, 5.41) is 5.10. The van der Waals surface area contributed by atoms with Gasteiger partial charge in [-0.05, 0) is 36.1 Å². The molecule has 0 atom stereocenters. The second kappa shape index (κ2) is 11.8. The third-order valence-corrected chi connectivity index (χ3v) is 6.07. The van der Waals surface area contributed by atoms with Crippen LogP contribution in [0.15, 0.2) is 42.5 Å². The Morgan fingerprint density at radius 2 is 1.59 bits per heavy atom. The second-order valence-electron chi connectivity index (χ2n) is 8.64. The smallest absolute Gasteiger partial charge is 0.252 e. The Morgan fingerprint density at radius 3 is 2.29 bits per heavy atom. The zero-order valence-corrected chi connectivity index (χ0v) is 19.3. The molecular formula is C26H33N3O5. The van der Waals surface area contributed by atoms with Gasteiger partial charge < -0.3 is 14.8 Å². The molecule has 0 spiro atoms. The van der Waals surface area contributed by atoms with Gasteiger partial charge >= 0.3 is 0 Å². The quantitative estimate of drug-likeness (QED) is 0.657. The van der Waals surface area contributed by atoms with Crippen LogP contribution in [0.2, 0.25) is 0 Å². The lowest BCUT2D eigenvalue weighted by Crippen LogP contribution is -2.35. The van der Waals surface area contributed by atoms with Gasteiger partial charge in [-0.2, -0.15) is 0 Å². The van der Waals surface area contributed by atoms with Crippen molar-refractivity contribution in [3.63, 3.8) is 0 Å². The molecule has 2 aromatic carbocycles. The van der Waals surface area contributed by atoms with Crippen molar-refractivity contribution in [2.75, 3.05) is 26.3 Å². The zero-order chi connectivity index (χ0) is 23.8. The lowest BCUT2D eigenvalue weighted by Gasteiger charge is -2.26. The molecule has 0 radical (unpaired) electrons. The van der Waals surface area contributed by atoms with Crippen LogP contribution < -0.4 is 15.4 Å². The minimum atomic E-state index is -0.127. The predicted octanol–water partition coefficient (Wildman–Crippen LogP) is 2.79. The van der Waals surface area contributed by atoms with E-state index in [0.29, 0.717) is 26.0 Å². The van der Waals surface area contributed by atoms with Gasteiger partial charge in [-0.3, -0.25) is 24.6 Å². The average Bonchev–Trinajstić information content (AvgIpc) is 3.12. The number of carbonyl (C=O) groups excluding carboxylic acids is 3. The molecule has 0 saturated carbocycles. The molecule has 3 aliphatic rings. The number of ether oxygens (including phenoxy) is 2. The molecule has 8 heteroatoms. The highest BCUT2D eigenvalue weighted by molar-refractivity contribution is 5.99. The molecule has 2 saturated heterocycles. The third-order valence-electron chi connectivity index (χ3n) is 6.07. The van der Waals surface area contributed by atoms with Crippen LogP contribution in [0.25, 0.3) is 0 Å². The first-order chi connectivity index (χ1) is 16.6. The number of amides is 3. The van der Waals surface area contributed by atoms with Crippen molar-refractivity contribution in [3.8, 4) is 5.75 Å². The van der Waals surface area contributed by atoms with E-state index in [-0.39, 0.29) is 19.1 Å². The van der Waals surface area contributed by atoms with Crippen molar-refractivity contribution in [2.24, 2.45) is 0 Å². The van der Waals surface area contributed by atoms with Crippen LogP contribution in [0.4, 0.5) is 0 Å². The highest BCUT2D eigenvalue weighted by Crippen LogP contribution is 2.27. The molecule has 0 unspecified atom stereocenters. The summed E-state index contributed by atoms with van der Waals surface area (Å²) in [6.07, 6.45) is 2.70. The number of morpholine rings is 1. The maximum atomic E-state index is 11.7. The molecule has 8 nitrogen and oxygen atoms in total. The van der Waals surface area contributed by atoms with E-state index >= 15 is 0 Å². The van der Waals surface area contributed by atoms with Crippen LogP contribution in [-0.4, -0.2) is 48.9 Å². The molecule has 2 fully saturated rings. The summed E-state index contributed by atoms with van der Waals surface area (Å²) in [6.45, 7) is 5.65. The molecular weight excluding hydrogens is 434 g/mol. The Morgan fingerprint density at radius 1 is 0.912 bits per heavy atom. The number of fused-ring (bicyclic) bond motifs is 1. The number of nitrogens with zero attached hydrogens (tertiary/aromatic N) is 1. The van der Waals surface area contributed by atoms with Gasteiger partial charge in [0, 0.05) is 51.6 Å². The third kappa shape index (κ3) is 6.65. The maximum Gasteiger partial charge on any atom is 0.252 e. The Labute approximate surface area is 201 Å². The molecule has 0 aromatic heterocycles. The lowest BCUT2D eigenvalue weighted by atomic mass is 10.1. The molecule has 34 heavy (non-hydrogen) atoms. The van der Waals surface area contributed by atoms with Gasteiger partial charge in [0.15, 0.2) is 0 Å². The molecule has 0 bridgehead atoms. The molecule has 182 valence electrons. The first-order valence-corrected chi connectivity index (χ1v) is 11.8. The van der Waals surface area contributed by atoms with Gasteiger partial charge in [0.05, 0.1) is 13.2 Å². The highest BCUT2D eigenvalue weighted by Gasteiger charge is 2.22. The van der Waals surface area contributed by atoms with Crippen molar-refractivity contribution in [3.05, 3.63) is 64.7 Å². The summed E-state index contributed by atoms with van der Waals surface area (Å²) in [7, 11) is 0. The molecule has 0 aliphatic carbocycles. The van der Waals surface area contributed by atoms with E-state index in [9.17, 15) is 14.4 Å². The van der Waals surface area contributed by atoms with E-state index in [4.69, 9.17) is 9.47 Å². The minimum absolute atomic E-state index is 0. The van der Waals surface area contributed by atoms with Crippen LogP contribution in [0.3, 0.4) is 0 Å². The second-order valence-corrected chi connectivity index (χ2v) is 8.64. The van der Waals surface area contributed by atoms with Crippen LogP contribution in [0.5, 0.6) is 5.75 Å². The number of rotatable bonds is 5. The maximum absolute atomic E-state index is 11.7. The molecule has 3 amide bonds. The summed E-state index contributed by atoms with van der Waals surface area (Å²) in [5.41, 5.74) is 4.11. The number of hydrogen-bond donors (Lipinski definition) is 2. The molecule has 3 aliphatic heterocycles. The van der Waals surface area contributed by atoms with Gasteiger partial charge in [-0.1, -0.05) is 30.3 Å². The Hall–Kier alpha value is -3.23. The number of imide groups is 1. The highest BCUT2D eigenvalue weighted by atomic mass is 16.5. The van der Waals surface area contributed by atoms with Crippen molar-refractivity contribution >= 4 is 17.7 Å². The monoisotopic (exact) mass is 467 g/mol. The lowest BCUT2D eigenvalue weighted by molar-refractivity contribution is -0.129. The van der Waals surface area contributed by atoms with Gasteiger partial charge in [-0.25, -0.2) is 0 Å². The Kier molecular flexibility index (Phi) is 8.27. The SMILES string of the molecule is O=C1CCCCC(=O)N1.O=C1NCc2c(OCc3ccc(CN4CCOCC4)cc3)cccc21.[HH]. The molecule has 5 rings (SSSR count). The summed E-state index contributed by atoms with van der Waals surface area (Å²) in [5.74, 6) is 0.510. The van der Waals surface area contributed by atoms with E-state index < -0.39 is 0 Å². The van der Waals surface area contributed by atoms with E-state index in [1.807, 2.05) is 18.2 Å². The van der Waals surface area contributed by atoms with E-state index in [1.165, 1.54) is 5.56 Å². The van der Waals surface area contributed by atoms with Crippen molar-refractivity contribution in [2.45, 2.75) is 45.4 Å². The number of nitrogens with one attached hydrogen (secondary N) is 2. The predicted molar refractivity (Wildman–Crippen MR) is 128 cm³/mol. The number of carbonyl (C=O) groups is 3. The first kappa shape index (κ1) is 23.9. The van der Waals surface area contributed by atoms with Gasteiger partial charge in [0.1, 0.15) is 12.4 Å². The van der Waals surface area contributed by atoms with Gasteiger partial charge in [-0.15, -0.1) is 0 Å². The fraction of sp³-hybridized carbons (Fsp3) is 0.423. The molecule has 2 aromatic rings. The molecule has 3 heterocycles. The number of benzene rings is 2. The van der Waals surface area contributed by atoms with Crippen molar-refractivity contribution < 1.29 is 25.3 Å². The number of hydrogen-bond acceptors (Lipinski definition) is 6. The standard InChI is InChI=1S/C20H22N2O3.C6H9NO2.H2/c23-20-17-2-1-3-19(18(17)12-21-20)25-14-16-6-4-15(5-7-16)13-22-8-10-24-11-9-22;8-5-3-1-2-4-6(9)7-5;/h1-7H,8-14H2,(H,21,23);1-4H2,(H,7,8,9);1H. The summed E-state index contributed by atoms with van der Waals surface area (Å²) in [4.78, 5) is 35.2. The van der Waals surface area contributed by atoms with Gasteiger partial charge in [0.2, 0.25) is 11.8 Å². The zero-order valence-electron chi connectivity index (χ0n) is 19.3. The van der Waals surface area contributed by atoms with Crippen LogP contribution in [0.1, 0.15) is 54.2 Å². The summed E-state index contributed by atoms with van der Waals surface area (Å²) in [6, 6.07) is 14.2. The summed E-state index contributed by atoms with van der Waals surface area (Å²) >= 11 is 0. The summed E-state index contributed by atoms with van der Waals surface area (Å²) < 4.78 is 11.3. The van der Waals surface area contributed by atoms with E-state index in [1.54, 1.807) is 0 Å². The average molecular weight is 468 g/mol. The Bertz CT molecular complexity index is 1010. The minimum Gasteiger partial charge on any atom is -0.489 e.